The molecule has 0 atom stereocenters. The zero-order valence-corrected chi connectivity index (χ0v) is 15.8. The monoisotopic (exact) mass is 364 g/mol. The number of hydrogen-bond donors (Lipinski definition) is 2. The number of ether oxygens (including phenoxy) is 1. The molecule has 0 heterocycles. The first-order chi connectivity index (χ1) is 13.0. The minimum absolute atomic E-state index is 0.0719. The lowest BCUT2D eigenvalue weighted by Gasteiger charge is -2.08. The lowest BCUT2D eigenvalue weighted by atomic mass is 10.0. The van der Waals surface area contributed by atoms with E-state index in [1.165, 1.54) is 5.56 Å². The summed E-state index contributed by atoms with van der Waals surface area (Å²) < 4.78 is 5.47. The summed E-state index contributed by atoms with van der Waals surface area (Å²) in [6.45, 7) is 4.35. The van der Waals surface area contributed by atoms with E-state index >= 15 is 0 Å². The van der Waals surface area contributed by atoms with Gasteiger partial charge in [0.15, 0.2) is 6.61 Å². The highest BCUT2D eigenvalue weighted by Gasteiger charge is 2.07. The Hall–Kier alpha value is -3.26. The molecule has 2 amide bonds. The molecule has 5 nitrogen and oxygen atoms in total. The number of carbonyl (C=O) groups is 2. The van der Waals surface area contributed by atoms with E-state index in [0.29, 0.717) is 22.8 Å². The summed E-state index contributed by atoms with van der Waals surface area (Å²) in [5.41, 5.74) is 2.35. The molecule has 0 bridgehead atoms. The third kappa shape index (κ3) is 6.19. The van der Waals surface area contributed by atoms with Crippen molar-refractivity contribution in [3.63, 3.8) is 0 Å². The number of nitrogens with one attached hydrogen (secondary N) is 2. The Morgan fingerprint density at radius 1 is 1.07 bits per heavy atom. The van der Waals surface area contributed by atoms with Crippen LogP contribution in [0.4, 0.5) is 0 Å². The van der Waals surface area contributed by atoms with Crippen LogP contribution in [0.5, 0.6) is 5.75 Å². The highest BCUT2D eigenvalue weighted by Crippen LogP contribution is 2.18. The lowest BCUT2D eigenvalue weighted by Crippen LogP contribution is -2.29. The van der Waals surface area contributed by atoms with Crippen molar-refractivity contribution in [3.05, 3.63) is 65.2 Å². The number of benzene rings is 2. The number of amides is 2. The normalized spacial score (nSPS) is 9.93. The van der Waals surface area contributed by atoms with Gasteiger partial charge >= 0.3 is 0 Å². The molecule has 0 fully saturated rings. The van der Waals surface area contributed by atoms with Gasteiger partial charge in [0, 0.05) is 12.6 Å². The first kappa shape index (κ1) is 20.1. The Bertz CT molecular complexity index is 846. The van der Waals surface area contributed by atoms with Gasteiger partial charge in [0.2, 0.25) is 0 Å². The van der Waals surface area contributed by atoms with Crippen LogP contribution in [0.15, 0.2) is 48.5 Å². The molecule has 0 aliphatic heterocycles. The molecule has 140 valence electrons. The molecule has 0 aliphatic rings. The molecule has 0 aliphatic carbocycles. The van der Waals surface area contributed by atoms with Gasteiger partial charge in [-0.2, -0.15) is 0 Å². The molecule has 27 heavy (non-hydrogen) atoms. The van der Waals surface area contributed by atoms with Crippen LogP contribution in [0.2, 0.25) is 0 Å². The van der Waals surface area contributed by atoms with E-state index in [1.807, 2.05) is 30.3 Å². The van der Waals surface area contributed by atoms with Crippen molar-refractivity contribution in [3.8, 4) is 17.6 Å². The van der Waals surface area contributed by atoms with E-state index in [2.05, 4.69) is 36.3 Å². The SMILES string of the molecule is CNC(=O)c1ccccc1C#CCNC(=O)COc1ccc(C(C)C)cc1. The second-order valence-electron chi connectivity index (χ2n) is 6.22. The van der Waals surface area contributed by atoms with Crippen LogP contribution >= 0.6 is 0 Å². The molecular formula is C22H24N2O3. The van der Waals surface area contributed by atoms with E-state index in [0.717, 1.165) is 0 Å². The van der Waals surface area contributed by atoms with Crippen LogP contribution in [0, 0.1) is 11.8 Å². The largest absolute Gasteiger partial charge is 0.484 e. The van der Waals surface area contributed by atoms with Gasteiger partial charge < -0.3 is 15.4 Å². The Balaban J connectivity index is 1.82. The van der Waals surface area contributed by atoms with Gasteiger partial charge in [-0.25, -0.2) is 0 Å². The molecule has 0 saturated heterocycles. The summed E-state index contributed by atoms with van der Waals surface area (Å²) in [5.74, 6) is 6.42. The highest BCUT2D eigenvalue weighted by atomic mass is 16.5. The quantitative estimate of drug-likeness (QED) is 0.775. The van der Waals surface area contributed by atoms with Crippen LogP contribution in [0.25, 0.3) is 0 Å². The van der Waals surface area contributed by atoms with E-state index in [4.69, 9.17) is 4.74 Å². The van der Waals surface area contributed by atoms with Crippen LogP contribution < -0.4 is 15.4 Å². The Labute approximate surface area is 160 Å². The summed E-state index contributed by atoms with van der Waals surface area (Å²) in [6.07, 6.45) is 0. The third-order valence-electron chi connectivity index (χ3n) is 3.91. The molecule has 5 heteroatoms. The van der Waals surface area contributed by atoms with Gasteiger partial charge in [-0.15, -0.1) is 0 Å². The number of hydrogen-bond acceptors (Lipinski definition) is 3. The Kier molecular flexibility index (Phi) is 7.45. The lowest BCUT2D eigenvalue weighted by molar-refractivity contribution is -0.122. The molecular weight excluding hydrogens is 340 g/mol. The van der Waals surface area contributed by atoms with E-state index in [9.17, 15) is 9.59 Å². The van der Waals surface area contributed by atoms with Crippen LogP contribution in [0.3, 0.4) is 0 Å². The summed E-state index contributed by atoms with van der Waals surface area (Å²) in [4.78, 5) is 23.6. The fourth-order valence-corrected chi connectivity index (χ4v) is 2.36. The minimum Gasteiger partial charge on any atom is -0.484 e. The van der Waals surface area contributed by atoms with Gasteiger partial charge in [-0.1, -0.05) is 50.0 Å². The fourth-order valence-electron chi connectivity index (χ4n) is 2.36. The molecule has 0 radical (unpaired) electrons. The van der Waals surface area contributed by atoms with Crippen molar-refractivity contribution in [2.24, 2.45) is 0 Å². The van der Waals surface area contributed by atoms with Crippen LogP contribution in [-0.4, -0.2) is 32.0 Å². The van der Waals surface area contributed by atoms with Crippen LogP contribution in [0.1, 0.15) is 41.3 Å². The van der Waals surface area contributed by atoms with E-state index < -0.39 is 0 Å². The van der Waals surface area contributed by atoms with Crippen molar-refractivity contribution < 1.29 is 14.3 Å². The van der Waals surface area contributed by atoms with Gasteiger partial charge in [-0.05, 0) is 35.7 Å². The summed E-state index contributed by atoms with van der Waals surface area (Å²) in [7, 11) is 1.57. The zero-order valence-electron chi connectivity index (χ0n) is 15.8. The van der Waals surface area contributed by atoms with Crippen molar-refractivity contribution in [2.75, 3.05) is 20.2 Å². The van der Waals surface area contributed by atoms with E-state index in [1.54, 1.807) is 25.2 Å². The Morgan fingerprint density at radius 3 is 2.44 bits per heavy atom. The molecule has 2 aromatic carbocycles. The topological polar surface area (TPSA) is 67.4 Å². The maximum atomic E-state index is 11.9. The van der Waals surface area contributed by atoms with Gasteiger partial charge in [0.05, 0.1) is 12.1 Å². The fraction of sp³-hybridized carbons (Fsp3) is 0.273. The standard InChI is InChI=1S/C22H24N2O3/c1-16(2)17-10-12-19(13-11-17)27-15-21(25)24-14-6-8-18-7-4-5-9-20(18)22(26)23-3/h4-5,7,9-13,16H,14-15H2,1-3H3,(H,23,26)(H,24,25). The summed E-state index contributed by atoms with van der Waals surface area (Å²) >= 11 is 0. The summed E-state index contributed by atoms with van der Waals surface area (Å²) in [6, 6.07) is 14.8. The third-order valence-corrected chi connectivity index (χ3v) is 3.91. The second kappa shape index (κ2) is 10.0. The minimum atomic E-state index is -0.253. The molecule has 2 rings (SSSR count). The van der Waals surface area contributed by atoms with Crippen molar-refractivity contribution in [1.29, 1.82) is 0 Å². The highest BCUT2D eigenvalue weighted by molar-refractivity contribution is 5.96. The molecule has 0 saturated carbocycles. The first-order valence-electron chi connectivity index (χ1n) is 8.80. The Morgan fingerprint density at radius 2 is 1.78 bits per heavy atom. The van der Waals surface area contributed by atoms with Gasteiger partial charge in [0.25, 0.3) is 11.8 Å². The van der Waals surface area contributed by atoms with Gasteiger partial charge in [-0.3, -0.25) is 9.59 Å². The molecule has 2 N–H and O–H groups in total. The molecule has 0 aromatic heterocycles. The molecule has 0 unspecified atom stereocenters. The predicted molar refractivity (Wildman–Crippen MR) is 106 cm³/mol. The van der Waals surface area contributed by atoms with Crippen molar-refractivity contribution in [2.45, 2.75) is 19.8 Å². The number of carbonyl (C=O) groups excluding carboxylic acids is 2. The second-order valence-corrected chi connectivity index (χ2v) is 6.22. The van der Waals surface area contributed by atoms with Crippen molar-refractivity contribution >= 4 is 11.8 Å². The van der Waals surface area contributed by atoms with E-state index in [-0.39, 0.29) is 25.0 Å². The molecule has 0 spiro atoms. The maximum absolute atomic E-state index is 11.9. The average molecular weight is 364 g/mol. The van der Waals surface area contributed by atoms with Crippen LogP contribution in [-0.2, 0) is 4.79 Å². The maximum Gasteiger partial charge on any atom is 0.258 e. The zero-order chi connectivity index (χ0) is 19.6. The number of rotatable bonds is 6. The summed E-state index contributed by atoms with van der Waals surface area (Å²) in [5, 5.41) is 5.26. The smallest absolute Gasteiger partial charge is 0.258 e. The first-order valence-corrected chi connectivity index (χ1v) is 8.80. The molecule has 2 aromatic rings. The predicted octanol–water partition coefficient (Wildman–Crippen LogP) is 2.72. The van der Waals surface area contributed by atoms with Crippen molar-refractivity contribution in [1.82, 2.24) is 10.6 Å². The average Bonchev–Trinajstić information content (AvgIpc) is 2.69. The van der Waals surface area contributed by atoms with Gasteiger partial charge in [0.1, 0.15) is 5.75 Å².